The van der Waals surface area contributed by atoms with Crippen molar-refractivity contribution in [3.05, 3.63) is 265 Å². The fourth-order valence-electron chi connectivity index (χ4n) is 9.99. The van der Waals surface area contributed by atoms with Crippen LogP contribution in [-0.2, 0) is 0 Å². The number of aliphatic imine (C=N–C) groups is 1. The lowest BCUT2D eigenvalue weighted by atomic mass is 9.88. The fourth-order valence-corrected chi connectivity index (χ4v) is 9.99. The van der Waals surface area contributed by atoms with Crippen LogP contribution in [0.25, 0.3) is 99.3 Å². The van der Waals surface area contributed by atoms with Crippen molar-refractivity contribution >= 4 is 71.7 Å². The third-order valence-corrected chi connectivity index (χ3v) is 13.1. The summed E-state index contributed by atoms with van der Waals surface area (Å²) in [6.45, 7) is 0. The van der Waals surface area contributed by atoms with E-state index in [9.17, 15) is 5.41 Å². The molecule has 0 bridgehead atoms. The molecule has 0 atom stereocenters. The quantitative estimate of drug-likeness (QED) is 0.0685. The van der Waals surface area contributed by atoms with E-state index >= 15 is 0 Å². The van der Waals surface area contributed by atoms with Crippen LogP contribution in [0.5, 0.6) is 0 Å². The van der Waals surface area contributed by atoms with Crippen molar-refractivity contribution in [2.75, 3.05) is 0 Å². The number of fused-ring (bicyclic) bond motifs is 7. The Labute approximate surface area is 389 Å². The van der Waals surface area contributed by atoms with Gasteiger partial charge in [0.15, 0.2) is 5.84 Å². The van der Waals surface area contributed by atoms with Gasteiger partial charge in [0.05, 0.1) is 16.7 Å². The van der Waals surface area contributed by atoms with Crippen LogP contribution in [0.4, 0.5) is 0 Å². The zero-order chi connectivity index (χ0) is 44.7. The Kier molecular flexibility index (Phi) is 10.00. The van der Waals surface area contributed by atoms with Gasteiger partial charge in [-0.2, -0.15) is 0 Å². The molecule has 1 N–H and O–H groups in total. The van der Waals surface area contributed by atoms with E-state index in [-0.39, 0.29) is 5.84 Å². The average molecular weight is 854 g/mol. The topological polar surface area (TPSA) is 41.1 Å². The molecule has 3 nitrogen and oxygen atoms in total. The zero-order valence-electron chi connectivity index (χ0n) is 36.6. The third kappa shape index (κ3) is 7.20. The number of hydrogen-bond acceptors (Lipinski definition) is 1. The number of rotatable bonds is 8. The number of para-hydroxylation sites is 2. The second-order valence-corrected chi connectivity index (χ2v) is 17.0. The predicted molar refractivity (Wildman–Crippen MR) is 285 cm³/mol. The van der Waals surface area contributed by atoms with Crippen molar-refractivity contribution in [2.45, 2.75) is 0 Å². The van der Waals surface area contributed by atoms with Gasteiger partial charge in [-0.25, -0.2) is 4.99 Å². The Hall–Kier alpha value is -8.92. The summed E-state index contributed by atoms with van der Waals surface area (Å²) >= 11 is 0. The Morgan fingerprint density at radius 3 is 1.90 bits per heavy atom. The minimum Gasteiger partial charge on any atom is -0.309 e. The van der Waals surface area contributed by atoms with Crippen LogP contribution >= 0.6 is 0 Å². The molecule has 0 radical (unpaired) electrons. The lowest BCUT2D eigenvalue weighted by Crippen LogP contribution is -2.05. The van der Waals surface area contributed by atoms with Gasteiger partial charge in [0, 0.05) is 27.6 Å². The standard InChI is InChI=1S/C64H43N3/c65-64(45-20-3-1-4-21-45)66-59(54-31-12-11-30-53(54)55-33-17-35-61-63(55)57-32-13-14-34-60(57)67(61)50-26-5-2-6-27-50)39-36-43-18-15-23-46(40-43)47-24-16-25-49(41-47)62-52-29-10-8-22-48(52)42-58-51-28-9-7-19-44(51)37-38-56(58)62/h1-42,65H/b39-36+,65-64?,66-59?. The summed E-state index contributed by atoms with van der Waals surface area (Å²) in [7, 11) is 0. The number of nitrogens with one attached hydrogen (secondary N) is 1. The second kappa shape index (κ2) is 16.9. The van der Waals surface area contributed by atoms with E-state index in [1.54, 1.807) is 0 Å². The molecule has 0 aliphatic carbocycles. The molecule has 0 spiro atoms. The molecule has 1 aromatic heterocycles. The molecule has 0 fully saturated rings. The number of nitrogens with zero attached hydrogens (tertiary/aromatic N) is 2. The first-order chi connectivity index (χ1) is 33.2. The van der Waals surface area contributed by atoms with E-state index in [2.05, 4.69) is 229 Å². The van der Waals surface area contributed by atoms with Gasteiger partial charge in [-0.1, -0.05) is 206 Å². The summed E-state index contributed by atoms with van der Waals surface area (Å²) in [6, 6.07) is 86.0. The van der Waals surface area contributed by atoms with Gasteiger partial charge in [-0.05, 0) is 120 Å². The highest BCUT2D eigenvalue weighted by Gasteiger charge is 2.19. The zero-order valence-corrected chi connectivity index (χ0v) is 36.6. The predicted octanol–water partition coefficient (Wildman–Crippen LogP) is 16.8. The maximum Gasteiger partial charge on any atom is 0.152 e. The van der Waals surface area contributed by atoms with Crippen LogP contribution < -0.4 is 0 Å². The first-order valence-electron chi connectivity index (χ1n) is 22.8. The van der Waals surface area contributed by atoms with E-state index in [0.717, 1.165) is 55.7 Å². The number of benzene rings is 11. The van der Waals surface area contributed by atoms with Crippen LogP contribution in [-0.4, -0.2) is 16.1 Å². The lowest BCUT2D eigenvalue weighted by molar-refractivity contribution is 1.18. The van der Waals surface area contributed by atoms with Crippen molar-refractivity contribution in [2.24, 2.45) is 4.99 Å². The summed E-state index contributed by atoms with van der Waals surface area (Å²) in [4.78, 5) is 5.12. The molecule has 314 valence electrons. The molecule has 0 amide bonds. The number of aromatic nitrogens is 1. The molecule has 0 saturated carbocycles. The minimum absolute atomic E-state index is 0.202. The maximum absolute atomic E-state index is 9.26. The van der Waals surface area contributed by atoms with Gasteiger partial charge in [0.1, 0.15) is 0 Å². The van der Waals surface area contributed by atoms with Crippen molar-refractivity contribution in [3.8, 4) is 39.1 Å². The number of amidine groups is 1. The highest BCUT2D eigenvalue weighted by Crippen LogP contribution is 2.42. The molecule has 0 aliphatic heterocycles. The normalized spacial score (nSPS) is 12.0. The van der Waals surface area contributed by atoms with E-state index in [0.29, 0.717) is 5.71 Å². The molecular weight excluding hydrogens is 811 g/mol. The first kappa shape index (κ1) is 39.7. The van der Waals surface area contributed by atoms with Crippen LogP contribution in [0, 0.1) is 5.41 Å². The third-order valence-electron chi connectivity index (χ3n) is 13.1. The summed E-state index contributed by atoms with van der Waals surface area (Å²) in [6.07, 6.45) is 4.21. The first-order valence-corrected chi connectivity index (χ1v) is 22.8. The Balaban J connectivity index is 0.969. The fraction of sp³-hybridized carbons (Fsp3) is 0. The molecule has 3 heteroatoms. The van der Waals surface area contributed by atoms with Crippen LogP contribution in [0.15, 0.2) is 254 Å². The summed E-state index contributed by atoms with van der Waals surface area (Å²) in [5.74, 6) is 0.202. The van der Waals surface area contributed by atoms with Gasteiger partial charge >= 0.3 is 0 Å². The van der Waals surface area contributed by atoms with E-state index < -0.39 is 0 Å². The molecule has 11 aromatic carbocycles. The smallest absolute Gasteiger partial charge is 0.152 e. The molecule has 0 aliphatic rings. The summed E-state index contributed by atoms with van der Waals surface area (Å²) < 4.78 is 2.35. The van der Waals surface area contributed by atoms with E-state index in [4.69, 9.17) is 4.99 Å². The Morgan fingerprint density at radius 2 is 1.04 bits per heavy atom. The molecule has 0 saturated heterocycles. The molecular formula is C64H43N3. The van der Waals surface area contributed by atoms with E-state index in [1.165, 1.54) is 54.2 Å². The van der Waals surface area contributed by atoms with Gasteiger partial charge < -0.3 is 4.57 Å². The highest BCUT2D eigenvalue weighted by atomic mass is 15.0. The summed E-state index contributed by atoms with van der Waals surface area (Å²) in [5, 5.41) is 19.1. The SMILES string of the molecule is N=C(N=C(/C=C/c1cccc(-c2cccc(-c3c4ccccc4cc4c3ccc3ccccc34)c2)c1)c1ccccc1-c1cccc2c1c1ccccc1n2-c1ccccc1)c1ccccc1. The van der Waals surface area contributed by atoms with Gasteiger partial charge in [-0.3, -0.25) is 5.41 Å². The summed E-state index contributed by atoms with van der Waals surface area (Å²) in [5.41, 5.74) is 13.7. The van der Waals surface area contributed by atoms with Crippen molar-refractivity contribution in [1.82, 2.24) is 4.57 Å². The maximum atomic E-state index is 9.26. The Morgan fingerprint density at radius 1 is 0.418 bits per heavy atom. The lowest BCUT2D eigenvalue weighted by Gasteiger charge is -2.15. The molecule has 67 heavy (non-hydrogen) atoms. The van der Waals surface area contributed by atoms with Gasteiger partial charge in [0.25, 0.3) is 0 Å². The number of hydrogen-bond donors (Lipinski definition) is 1. The monoisotopic (exact) mass is 853 g/mol. The van der Waals surface area contributed by atoms with Crippen molar-refractivity contribution < 1.29 is 0 Å². The minimum atomic E-state index is 0.202. The van der Waals surface area contributed by atoms with Gasteiger partial charge in [-0.15, -0.1) is 0 Å². The molecule has 0 unspecified atom stereocenters. The van der Waals surface area contributed by atoms with Crippen molar-refractivity contribution in [1.29, 1.82) is 5.41 Å². The number of allylic oxidation sites excluding steroid dienone is 1. The van der Waals surface area contributed by atoms with Crippen molar-refractivity contribution in [3.63, 3.8) is 0 Å². The average Bonchev–Trinajstić information content (AvgIpc) is 3.74. The van der Waals surface area contributed by atoms with Crippen LogP contribution in [0.3, 0.4) is 0 Å². The Bertz CT molecular complexity index is 3930. The molecule has 12 rings (SSSR count). The largest absolute Gasteiger partial charge is 0.309 e. The van der Waals surface area contributed by atoms with Crippen LogP contribution in [0.2, 0.25) is 0 Å². The van der Waals surface area contributed by atoms with E-state index in [1.807, 2.05) is 30.3 Å². The van der Waals surface area contributed by atoms with Crippen LogP contribution in [0.1, 0.15) is 16.7 Å². The second-order valence-electron chi connectivity index (χ2n) is 17.0. The molecule has 1 heterocycles. The van der Waals surface area contributed by atoms with Gasteiger partial charge in [0.2, 0.25) is 0 Å². The highest BCUT2D eigenvalue weighted by molar-refractivity contribution is 6.23. The molecule has 12 aromatic rings.